The number of rotatable bonds is 6. The van der Waals surface area contributed by atoms with E-state index in [1.807, 2.05) is 6.92 Å². The molecular weight excluding hydrogens is 386 g/mol. The number of halogens is 1. The molecule has 0 saturated carbocycles. The van der Waals surface area contributed by atoms with Crippen molar-refractivity contribution in [2.45, 2.75) is 38.3 Å². The first-order chi connectivity index (χ1) is 12.2. The fourth-order valence-electron chi connectivity index (χ4n) is 2.33. The Morgan fingerprint density at radius 1 is 1.15 bits per heavy atom. The van der Waals surface area contributed by atoms with E-state index in [-0.39, 0.29) is 29.3 Å². The van der Waals surface area contributed by atoms with E-state index in [4.69, 9.17) is 5.73 Å². The Labute approximate surface area is 167 Å². The van der Waals surface area contributed by atoms with Gasteiger partial charge < -0.3 is 11.1 Å². The summed E-state index contributed by atoms with van der Waals surface area (Å²) in [4.78, 5) is 12.6. The maximum Gasteiger partial charge on any atom is 0.255 e. The van der Waals surface area contributed by atoms with Gasteiger partial charge in [-0.25, -0.2) is 8.42 Å². The zero-order valence-electron chi connectivity index (χ0n) is 15.9. The van der Waals surface area contributed by atoms with Gasteiger partial charge in [0.1, 0.15) is 0 Å². The van der Waals surface area contributed by atoms with E-state index in [0.29, 0.717) is 17.8 Å². The molecule has 0 aliphatic carbocycles. The lowest BCUT2D eigenvalue weighted by Gasteiger charge is -2.21. The minimum Gasteiger partial charge on any atom is -0.326 e. The quantitative estimate of drug-likeness (QED) is 0.763. The fourth-order valence-corrected chi connectivity index (χ4v) is 3.72. The predicted octanol–water partition coefficient (Wildman–Crippen LogP) is 3.16. The van der Waals surface area contributed by atoms with Crippen LogP contribution in [0.25, 0.3) is 0 Å². The largest absolute Gasteiger partial charge is 0.326 e. The third-order valence-corrected chi connectivity index (χ3v) is 6.34. The number of nitrogens with one attached hydrogen (secondary N) is 1. The zero-order chi connectivity index (χ0) is 19.5. The first-order valence-corrected chi connectivity index (χ1v) is 9.80. The summed E-state index contributed by atoms with van der Waals surface area (Å²) >= 11 is 0. The van der Waals surface area contributed by atoms with Gasteiger partial charge in [0.25, 0.3) is 5.91 Å². The lowest BCUT2D eigenvalue weighted by molar-refractivity contribution is 0.102. The van der Waals surface area contributed by atoms with Crippen LogP contribution in [0.2, 0.25) is 0 Å². The van der Waals surface area contributed by atoms with Crippen LogP contribution >= 0.6 is 12.4 Å². The number of hydrogen-bond donors (Lipinski definition) is 2. The molecular formula is C19H26ClN3O3S. The van der Waals surface area contributed by atoms with Gasteiger partial charge >= 0.3 is 0 Å². The standard InChI is InChI=1S/C19H25N3O3S.ClH/c1-13(2)22(4)26(24,25)17-10-5-14(3)18(11-17)21-19(23)16-8-6-15(12-20)7-9-16;/h5-11,13H,12,20H2,1-4H3,(H,21,23);1H. The van der Waals surface area contributed by atoms with E-state index >= 15 is 0 Å². The molecule has 0 heterocycles. The summed E-state index contributed by atoms with van der Waals surface area (Å²) in [7, 11) is -2.08. The molecule has 0 fully saturated rings. The van der Waals surface area contributed by atoms with Crippen LogP contribution in [0.1, 0.15) is 35.3 Å². The predicted molar refractivity (Wildman–Crippen MR) is 111 cm³/mol. The Balaban J connectivity index is 0.00000364. The Hall–Kier alpha value is -1.93. The SMILES string of the molecule is Cc1ccc(S(=O)(=O)N(C)C(C)C)cc1NC(=O)c1ccc(CN)cc1.Cl. The van der Waals surface area contributed by atoms with Crippen molar-refractivity contribution >= 4 is 34.0 Å². The van der Waals surface area contributed by atoms with Crippen LogP contribution in [0.5, 0.6) is 0 Å². The van der Waals surface area contributed by atoms with Gasteiger partial charge in [0, 0.05) is 30.9 Å². The molecule has 3 N–H and O–H groups in total. The molecule has 148 valence electrons. The van der Waals surface area contributed by atoms with Gasteiger partial charge in [0.15, 0.2) is 0 Å². The number of anilines is 1. The topological polar surface area (TPSA) is 92.5 Å². The van der Waals surface area contributed by atoms with Crippen LogP contribution in [-0.4, -0.2) is 31.7 Å². The van der Waals surface area contributed by atoms with Crippen molar-refractivity contribution in [1.29, 1.82) is 0 Å². The van der Waals surface area contributed by atoms with E-state index < -0.39 is 10.0 Å². The minimum absolute atomic E-state index is 0. The molecule has 2 rings (SSSR count). The second kappa shape index (κ2) is 9.32. The summed E-state index contributed by atoms with van der Waals surface area (Å²) in [6, 6.07) is 11.5. The highest BCUT2D eigenvalue weighted by Crippen LogP contribution is 2.24. The molecule has 0 aliphatic heterocycles. The highest BCUT2D eigenvalue weighted by molar-refractivity contribution is 7.89. The molecule has 2 aromatic rings. The van der Waals surface area contributed by atoms with Crippen LogP contribution in [0, 0.1) is 6.92 Å². The van der Waals surface area contributed by atoms with Crippen LogP contribution in [-0.2, 0) is 16.6 Å². The molecule has 8 heteroatoms. The number of nitrogens with two attached hydrogens (primary N) is 1. The fraction of sp³-hybridized carbons (Fsp3) is 0.316. The van der Waals surface area contributed by atoms with Gasteiger partial charge in [0.05, 0.1) is 4.90 Å². The Morgan fingerprint density at radius 3 is 2.26 bits per heavy atom. The molecule has 0 saturated heterocycles. The molecule has 0 radical (unpaired) electrons. The van der Waals surface area contributed by atoms with Crippen molar-refractivity contribution < 1.29 is 13.2 Å². The second-order valence-electron chi connectivity index (χ2n) is 6.45. The maximum absolute atomic E-state index is 12.7. The van der Waals surface area contributed by atoms with E-state index in [1.54, 1.807) is 50.2 Å². The number of nitrogens with zero attached hydrogens (tertiary/aromatic N) is 1. The average molecular weight is 412 g/mol. The van der Waals surface area contributed by atoms with Crippen LogP contribution in [0.4, 0.5) is 5.69 Å². The van der Waals surface area contributed by atoms with Crippen molar-refractivity contribution in [2.24, 2.45) is 5.73 Å². The number of amides is 1. The Kier molecular flexibility index (Phi) is 7.98. The van der Waals surface area contributed by atoms with Crippen molar-refractivity contribution in [3.63, 3.8) is 0 Å². The van der Waals surface area contributed by atoms with Crippen LogP contribution < -0.4 is 11.1 Å². The van der Waals surface area contributed by atoms with Crippen LogP contribution in [0.15, 0.2) is 47.4 Å². The van der Waals surface area contributed by atoms with Crippen molar-refractivity contribution in [1.82, 2.24) is 4.31 Å². The minimum atomic E-state index is -3.62. The molecule has 1 amide bonds. The van der Waals surface area contributed by atoms with Crippen molar-refractivity contribution in [3.8, 4) is 0 Å². The highest BCUT2D eigenvalue weighted by atomic mass is 35.5. The van der Waals surface area contributed by atoms with Gasteiger partial charge in [-0.3, -0.25) is 4.79 Å². The summed E-state index contributed by atoms with van der Waals surface area (Å²) in [6.45, 7) is 5.83. The molecule has 27 heavy (non-hydrogen) atoms. The lowest BCUT2D eigenvalue weighted by Crippen LogP contribution is -2.33. The molecule has 0 aromatic heterocycles. The summed E-state index contributed by atoms with van der Waals surface area (Å²) in [6.07, 6.45) is 0. The van der Waals surface area contributed by atoms with Gasteiger partial charge in [-0.05, 0) is 56.2 Å². The van der Waals surface area contributed by atoms with E-state index in [9.17, 15) is 13.2 Å². The molecule has 0 spiro atoms. The Bertz CT molecular complexity index is 897. The second-order valence-corrected chi connectivity index (χ2v) is 8.44. The summed E-state index contributed by atoms with van der Waals surface area (Å²) in [5, 5.41) is 2.79. The number of sulfonamides is 1. The number of hydrogen-bond acceptors (Lipinski definition) is 4. The van der Waals surface area contributed by atoms with E-state index in [0.717, 1.165) is 11.1 Å². The number of carbonyl (C=O) groups is 1. The van der Waals surface area contributed by atoms with Gasteiger partial charge in [-0.2, -0.15) is 4.31 Å². The van der Waals surface area contributed by atoms with Gasteiger partial charge in [0.2, 0.25) is 10.0 Å². The summed E-state index contributed by atoms with van der Waals surface area (Å²) in [5.74, 6) is -0.302. The third-order valence-electron chi connectivity index (χ3n) is 4.31. The Morgan fingerprint density at radius 2 is 1.74 bits per heavy atom. The maximum atomic E-state index is 12.7. The number of carbonyl (C=O) groups excluding carboxylic acids is 1. The van der Waals surface area contributed by atoms with Crippen molar-refractivity contribution in [2.75, 3.05) is 12.4 Å². The highest BCUT2D eigenvalue weighted by Gasteiger charge is 2.24. The average Bonchev–Trinajstić information content (AvgIpc) is 2.62. The smallest absolute Gasteiger partial charge is 0.255 e. The van der Waals surface area contributed by atoms with E-state index in [2.05, 4.69) is 5.32 Å². The third kappa shape index (κ3) is 5.29. The number of benzene rings is 2. The molecule has 0 aliphatic rings. The monoisotopic (exact) mass is 411 g/mol. The molecule has 2 aromatic carbocycles. The van der Waals surface area contributed by atoms with Gasteiger partial charge in [-0.1, -0.05) is 18.2 Å². The van der Waals surface area contributed by atoms with E-state index in [1.165, 1.54) is 17.4 Å². The van der Waals surface area contributed by atoms with Crippen LogP contribution in [0.3, 0.4) is 0 Å². The summed E-state index contributed by atoms with van der Waals surface area (Å²) in [5.41, 5.74) is 8.22. The normalized spacial score (nSPS) is 11.4. The van der Waals surface area contributed by atoms with Crippen molar-refractivity contribution in [3.05, 3.63) is 59.2 Å². The molecule has 0 bridgehead atoms. The number of aryl methyl sites for hydroxylation is 1. The van der Waals surface area contributed by atoms with Gasteiger partial charge in [-0.15, -0.1) is 12.4 Å². The zero-order valence-corrected chi connectivity index (χ0v) is 17.5. The lowest BCUT2D eigenvalue weighted by atomic mass is 10.1. The molecule has 0 atom stereocenters. The summed E-state index contributed by atoms with van der Waals surface area (Å²) < 4.78 is 26.6. The first-order valence-electron chi connectivity index (χ1n) is 8.36. The molecule has 0 unspecified atom stereocenters. The molecule has 6 nitrogen and oxygen atoms in total. The first kappa shape index (κ1) is 23.1.